The molecule has 0 aromatic carbocycles. The number of hydrazone groups is 1. The minimum Gasteiger partial charge on any atom is -0.349 e. The van der Waals surface area contributed by atoms with Crippen LogP contribution >= 0.6 is 12.6 Å². The number of pyridine rings is 2. The monoisotopic (exact) mass is 333 g/mol. The van der Waals surface area contributed by atoms with Crippen LogP contribution < -0.4 is 26.7 Å². The van der Waals surface area contributed by atoms with E-state index in [0.29, 0.717) is 5.70 Å². The highest BCUT2D eigenvalue weighted by Gasteiger charge is 2.05. The summed E-state index contributed by atoms with van der Waals surface area (Å²) in [5.41, 5.74) is 7.69. The van der Waals surface area contributed by atoms with Crippen LogP contribution in [0, 0.1) is 5.41 Å². The van der Waals surface area contributed by atoms with Gasteiger partial charge in [0.2, 0.25) is 5.04 Å². The number of fused-ring (bicyclic) bond motifs is 1. The number of thiol groups is 1. The maximum Gasteiger partial charge on any atom is 0.253 e. The number of aromatic nitrogens is 2. The molecule has 2 aromatic rings. The summed E-state index contributed by atoms with van der Waals surface area (Å²) in [6.45, 7) is 1.84. The second-order valence-corrected chi connectivity index (χ2v) is 5.39. The van der Waals surface area contributed by atoms with Gasteiger partial charge in [-0.25, -0.2) is 0 Å². The van der Waals surface area contributed by atoms with Gasteiger partial charge in [-0.15, -0.1) is 5.43 Å². The van der Waals surface area contributed by atoms with Crippen molar-refractivity contribution < 1.29 is 15.8 Å². The van der Waals surface area contributed by atoms with Gasteiger partial charge in [0.05, 0.1) is 30.0 Å². The summed E-state index contributed by atoms with van der Waals surface area (Å²) in [5.74, 6) is 0.767. The maximum absolute atomic E-state index is 7.38. The zero-order valence-electron chi connectivity index (χ0n) is 13.0. The lowest BCUT2D eigenvalue weighted by molar-refractivity contribution is -0.829. The van der Waals surface area contributed by atoms with Gasteiger partial charge in [0, 0.05) is 19.2 Å². The number of quaternary nitrogens is 2. The number of hydrazine groups is 1. The maximum atomic E-state index is 7.38. The molecule has 23 heavy (non-hydrogen) atoms. The molecule has 0 saturated heterocycles. The summed E-state index contributed by atoms with van der Waals surface area (Å²) in [6.07, 6.45) is 4.80. The molecule has 0 amide bonds. The Labute approximate surface area is 139 Å². The van der Waals surface area contributed by atoms with Gasteiger partial charge in [-0.2, -0.15) is 4.98 Å². The minimum atomic E-state index is 0.682. The van der Waals surface area contributed by atoms with Gasteiger partial charge in [0.25, 0.3) is 5.82 Å². The fourth-order valence-electron chi connectivity index (χ4n) is 1.86. The highest BCUT2D eigenvalue weighted by Crippen LogP contribution is 2.16. The van der Waals surface area contributed by atoms with E-state index in [1.165, 1.54) is 6.21 Å². The van der Waals surface area contributed by atoms with Gasteiger partial charge in [-0.3, -0.25) is 4.98 Å². The van der Waals surface area contributed by atoms with E-state index in [1.807, 2.05) is 43.7 Å². The number of rotatable bonds is 7. The molecule has 0 fully saturated rings. The van der Waals surface area contributed by atoms with Gasteiger partial charge in [-0.05, 0) is 17.7 Å². The smallest absolute Gasteiger partial charge is 0.253 e. The molecule has 0 aliphatic carbocycles. The first-order valence-electron chi connectivity index (χ1n) is 7.03. The molecule has 0 atom stereocenters. The number of nitrogens with two attached hydrogens (primary N) is 2. The molecule has 2 aromatic heterocycles. The SMILES string of the molecule is C[NH2+]/C=C(\C=N)Nc1cnc2ccc([NH2+]N/[NH+]=C(/C)S)nc2c1. The molecule has 0 aliphatic rings. The first-order chi connectivity index (χ1) is 11.1. The third-order valence-electron chi connectivity index (χ3n) is 2.82. The Kier molecular flexibility index (Phi) is 6.03. The summed E-state index contributed by atoms with van der Waals surface area (Å²) in [4.78, 5) is 8.91. The Bertz CT molecular complexity index is 752. The molecule has 8 N–H and O–H groups in total. The molecule has 0 radical (unpaired) electrons. The standard InChI is InChI=1S/C14H18N8S/c1-9(23)20-22-21-14-4-3-12-13(19-14)5-10(8-17-12)18-11(6-15)7-16-2/h3-8,15-16,18,22H,1-2H3,(H,19,21)(H,20,23)/p+3/b11-7+,15-6?. The van der Waals surface area contributed by atoms with E-state index < -0.39 is 0 Å². The van der Waals surface area contributed by atoms with Crippen LogP contribution in [0.2, 0.25) is 0 Å². The Hall–Kier alpha value is -2.49. The molecule has 9 heteroatoms. The van der Waals surface area contributed by atoms with Gasteiger partial charge >= 0.3 is 0 Å². The van der Waals surface area contributed by atoms with E-state index in [1.54, 1.807) is 11.6 Å². The number of hydrogen-bond acceptors (Lipinski definition) is 5. The quantitative estimate of drug-likeness (QED) is 0.102. The van der Waals surface area contributed by atoms with E-state index >= 15 is 0 Å². The van der Waals surface area contributed by atoms with E-state index in [2.05, 4.69) is 38.5 Å². The lowest BCUT2D eigenvalue weighted by atomic mass is 10.3. The van der Waals surface area contributed by atoms with Gasteiger partial charge in [-0.1, -0.05) is 17.7 Å². The van der Waals surface area contributed by atoms with Crippen LogP contribution in [-0.4, -0.2) is 28.3 Å². The first-order valence-corrected chi connectivity index (χ1v) is 7.48. The number of hydrogen-bond donors (Lipinski definition) is 7. The van der Waals surface area contributed by atoms with Crippen molar-refractivity contribution in [3.63, 3.8) is 0 Å². The van der Waals surface area contributed by atoms with Crippen molar-refractivity contribution in [2.75, 3.05) is 12.4 Å². The van der Waals surface area contributed by atoms with E-state index in [9.17, 15) is 0 Å². The molecule has 0 bridgehead atoms. The molecule has 0 unspecified atom stereocenters. The highest BCUT2D eigenvalue weighted by atomic mass is 32.1. The van der Waals surface area contributed by atoms with Crippen molar-refractivity contribution in [2.45, 2.75) is 6.92 Å². The van der Waals surface area contributed by atoms with E-state index in [0.717, 1.165) is 27.6 Å². The van der Waals surface area contributed by atoms with Crippen LogP contribution in [0.15, 0.2) is 36.3 Å². The summed E-state index contributed by atoms with van der Waals surface area (Å²) in [6, 6.07) is 5.68. The number of nitrogens with one attached hydrogen (secondary N) is 4. The number of anilines is 1. The predicted molar refractivity (Wildman–Crippen MR) is 93.2 cm³/mol. The average Bonchev–Trinajstić information content (AvgIpc) is 2.53. The van der Waals surface area contributed by atoms with Gasteiger partial charge in [0.1, 0.15) is 11.9 Å². The molecule has 120 valence electrons. The van der Waals surface area contributed by atoms with Crippen LogP contribution in [0.3, 0.4) is 0 Å². The molecule has 8 nitrogen and oxygen atoms in total. The summed E-state index contributed by atoms with van der Waals surface area (Å²) in [5, 5.41) is 16.0. The lowest BCUT2D eigenvalue weighted by Gasteiger charge is -2.06. The second-order valence-electron chi connectivity index (χ2n) is 4.72. The average molecular weight is 333 g/mol. The molecular weight excluding hydrogens is 312 g/mol. The van der Waals surface area contributed by atoms with Gasteiger partial charge in [0.15, 0.2) is 0 Å². The molecule has 0 spiro atoms. The Morgan fingerprint density at radius 2 is 2.22 bits per heavy atom. The third-order valence-corrected chi connectivity index (χ3v) is 2.93. The molecule has 0 saturated carbocycles. The van der Waals surface area contributed by atoms with Crippen LogP contribution in [0.4, 0.5) is 11.5 Å². The van der Waals surface area contributed by atoms with Crippen LogP contribution in [0.25, 0.3) is 11.0 Å². The van der Waals surface area contributed by atoms with Crippen LogP contribution in [0.1, 0.15) is 6.92 Å². The van der Waals surface area contributed by atoms with Crippen molar-refractivity contribution in [1.82, 2.24) is 15.5 Å². The molecular formula is C14H21N8S+3. The molecule has 0 aliphatic heterocycles. The van der Waals surface area contributed by atoms with Crippen molar-refractivity contribution in [3.8, 4) is 0 Å². The molecule has 2 rings (SSSR count). The lowest BCUT2D eigenvalue weighted by Crippen LogP contribution is -3.07. The van der Waals surface area contributed by atoms with Crippen LogP contribution in [-0.2, 0) is 0 Å². The zero-order valence-corrected chi connectivity index (χ0v) is 13.9. The fraction of sp³-hybridized carbons (Fsp3) is 0.143. The Balaban J connectivity index is 2.21. The molecule has 2 heterocycles. The number of allylic oxidation sites excluding steroid dienone is 1. The highest BCUT2D eigenvalue weighted by molar-refractivity contribution is 7.96. The largest absolute Gasteiger partial charge is 0.349 e. The van der Waals surface area contributed by atoms with Crippen molar-refractivity contribution in [3.05, 3.63) is 36.3 Å². The van der Waals surface area contributed by atoms with Gasteiger partial charge < -0.3 is 16.0 Å². The zero-order chi connectivity index (χ0) is 16.7. The minimum absolute atomic E-state index is 0.682. The Morgan fingerprint density at radius 1 is 1.39 bits per heavy atom. The summed E-state index contributed by atoms with van der Waals surface area (Å²) in [7, 11) is 1.90. The fourth-order valence-corrected chi connectivity index (χ4v) is 1.92. The van der Waals surface area contributed by atoms with E-state index in [-0.39, 0.29) is 0 Å². The normalized spacial score (nSPS) is 12.3. The Morgan fingerprint density at radius 3 is 2.91 bits per heavy atom. The third kappa shape index (κ3) is 5.02. The van der Waals surface area contributed by atoms with Crippen molar-refractivity contribution >= 4 is 46.4 Å². The predicted octanol–water partition coefficient (Wildman–Crippen LogP) is -2.23. The van der Waals surface area contributed by atoms with Crippen molar-refractivity contribution in [1.29, 1.82) is 5.41 Å². The second kappa shape index (κ2) is 8.22. The summed E-state index contributed by atoms with van der Waals surface area (Å²) < 4.78 is 0. The van der Waals surface area contributed by atoms with Crippen LogP contribution in [0.5, 0.6) is 0 Å². The summed E-state index contributed by atoms with van der Waals surface area (Å²) >= 11 is 4.13. The van der Waals surface area contributed by atoms with Crippen molar-refractivity contribution in [2.24, 2.45) is 0 Å². The number of nitrogens with zero attached hydrogens (tertiary/aromatic N) is 2. The topological polar surface area (TPSA) is 121 Å². The first kappa shape index (κ1) is 16.9. The van der Waals surface area contributed by atoms with E-state index in [4.69, 9.17) is 5.41 Å².